The van der Waals surface area contributed by atoms with Gasteiger partial charge in [-0.15, -0.1) is 0 Å². The van der Waals surface area contributed by atoms with Crippen LogP contribution in [-0.4, -0.2) is 22.1 Å². The van der Waals surface area contributed by atoms with Crippen molar-refractivity contribution in [1.82, 2.24) is 9.55 Å². The molecule has 1 aliphatic heterocycles. The number of imidazole rings is 1. The summed E-state index contributed by atoms with van der Waals surface area (Å²) in [6.07, 6.45) is 6.05. The Morgan fingerprint density at radius 1 is 1.13 bits per heavy atom. The van der Waals surface area contributed by atoms with Gasteiger partial charge in [0.15, 0.2) is 0 Å². The molecule has 0 bridgehead atoms. The molecule has 1 amide bonds. The van der Waals surface area contributed by atoms with Crippen molar-refractivity contribution in [1.29, 1.82) is 0 Å². The van der Waals surface area contributed by atoms with Crippen LogP contribution in [0.2, 0.25) is 0 Å². The Morgan fingerprint density at radius 3 is 2.73 bits per heavy atom. The molecular weight excluding hydrogens is 388 g/mol. The van der Waals surface area contributed by atoms with E-state index in [1.807, 2.05) is 30.5 Å². The Morgan fingerprint density at radius 2 is 1.93 bits per heavy atom. The summed E-state index contributed by atoms with van der Waals surface area (Å²) in [6.45, 7) is -1.90. The topological polar surface area (TPSA) is 56.1 Å². The normalized spacial score (nSPS) is 13.2. The summed E-state index contributed by atoms with van der Waals surface area (Å²) >= 11 is 0. The Balaban J connectivity index is 1.41. The van der Waals surface area contributed by atoms with Gasteiger partial charge in [-0.3, -0.25) is 4.79 Å². The zero-order chi connectivity index (χ0) is 20.9. The molecule has 0 fully saturated rings. The molecule has 7 heteroatoms. The van der Waals surface area contributed by atoms with Crippen molar-refractivity contribution < 1.29 is 18.3 Å². The first-order valence-corrected chi connectivity index (χ1v) is 10.1. The fourth-order valence-electron chi connectivity index (χ4n) is 3.75. The van der Waals surface area contributed by atoms with Gasteiger partial charge in [-0.1, -0.05) is 24.3 Å². The SMILES string of the molecule is O=C(CCc1ccc(OC(F)F)cc1)Nc1ccccc1-c1ncc2n1CCCC2. The third-order valence-corrected chi connectivity index (χ3v) is 5.23. The van der Waals surface area contributed by atoms with Crippen LogP contribution in [0.15, 0.2) is 54.7 Å². The number of carbonyl (C=O) groups is 1. The molecule has 1 N–H and O–H groups in total. The molecule has 2 aromatic carbocycles. The molecule has 2 heterocycles. The molecule has 1 aliphatic rings. The smallest absolute Gasteiger partial charge is 0.387 e. The standard InChI is InChI=1S/C23H23F2N3O2/c24-23(25)30-18-11-8-16(9-12-18)10-13-21(29)27-20-7-2-1-6-19(20)22-26-15-17-5-3-4-14-28(17)22/h1-2,6-9,11-12,15,23H,3-5,10,13-14H2,(H,27,29). The second-order valence-corrected chi connectivity index (χ2v) is 7.30. The first kappa shape index (κ1) is 20.1. The number of carbonyl (C=O) groups excluding carboxylic acids is 1. The molecule has 1 aromatic heterocycles. The van der Waals surface area contributed by atoms with Crippen molar-refractivity contribution in [2.24, 2.45) is 0 Å². The predicted molar refractivity (Wildman–Crippen MR) is 111 cm³/mol. The summed E-state index contributed by atoms with van der Waals surface area (Å²) in [7, 11) is 0. The second kappa shape index (κ2) is 9.07. The van der Waals surface area contributed by atoms with Crippen LogP contribution in [-0.2, 0) is 24.2 Å². The number of fused-ring (bicyclic) bond motifs is 1. The van der Waals surface area contributed by atoms with E-state index in [4.69, 9.17) is 0 Å². The maximum atomic E-state index is 12.5. The predicted octanol–water partition coefficient (Wildman–Crippen LogP) is 5.06. The van der Waals surface area contributed by atoms with Crippen LogP contribution in [0.5, 0.6) is 5.75 Å². The monoisotopic (exact) mass is 411 g/mol. The van der Waals surface area contributed by atoms with E-state index < -0.39 is 6.61 Å². The fraction of sp³-hybridized carbons (Fsp3) is 0.304. The van der Waals surface area contributed by atoms with E-state index in [2.05, 4.69) is 19.6 Å². The number of benzene rings is 2. The van der Waals surface area contributed by atoms with E-state index in [-0.39, 0.29) is 18.1 Å². The summed E-state index contributed by atoms with van der Waals surface area (Å²) < 4.78 is 31.0. The first-order valence-electron chi connectivity index (χ1n) is 10.1. The minimum atomic E-state index is -2.85. The van der Waals surface area contributed by atoms with Crippen molar-refractivity contribution in [3.63, 3.8) is 0 Å². The number of amides is 1. The van der Waals surface area contributed by atoms with Crippen LogP contribution in [0.3, 0.4) is 0 Å². The maximum absolute atomic E-state index is 12.5. The van der Waals surface area contributed by atoms with Crippen molar-refractivity contribution in [3.05, 3.63) is 66.0 Å². The summed E-state index contributed by atoms with van der Waals surface area (Å²) in [5.74, 6) is 0.881. The van der Waals surface area contributed by atoms with E-state index in [0.29, 0.717) is 6.42 Å². The van der Waals surface area contributed by atoms with Crippen LogP contribution in [0.1, 0.15) is 30.5 Å². The lowest BCUT2D eigenvalue weighted by Crippen LogP contribution is -2.15. The van der Waals surface area contributed by atoms with Crippen LogP contribution in [0.25, 0.3) is 11.4 Å². The molecule has 3 aromatic rings. The molecule has 0 saturated carbocycles. The number of alkyl halides is 2. The zero-order valence-electron chi connectivity index (χ0n) is 16.5. The van der Waals surface area contributed by atoms with Gasteiger partial charge >= 0.3 is 6.61 Å². The van der Waals surface area contributed by atoms with Gasteiger partial charge < -0.3 is 14.6 Å². The summed E-state index contributed by atoms with van der Waals surface area (Å²) in [6, 6.07) is 14.0. The van der Waals surface area contributed by atoms with Gasteiger partial charge in [0, 0.05) is 30.4 Å². The lowest BCUT2D eigenvalue weighted by molar-refractivity contribution is -0.116. The molecule has 0 spiro atoms. The quantitative estimate of drug-likeness (QED) is 0.591. The van der Waals surface area contributed by atoms with Gasteiger partial charge in [0.25, 0.3) is 0 Å². The number of anilines is 1. The van der Waals surface area contributed by atoms with Crippen molar-refractivity contribution in [2.75, 3.05) is 5.32 Å². The van der Waals surface area contributed by atoms with Gasteiger partial charge in [-0.05, 0) is 55.5 Å². The Bertz CT molecular complexity index is 1020. The minimum Gasteiger partial charge on any atom is -0.435 e. The van der Waals surface area contributed by atoms with Crippen molar-refractivity contribution >= 4 is 11.6 Å². The largest absolute Gasteiger partial charge is 0.435 e. The lowest BCUT2D eigenvalue weighted by Gasteiger charge is -2.18. The number of hydrogen-bond acceptors (Lipinski definition) is 3. The Hall–Kier alpha value is -3.22. The number of aromatic nitrogens is 2. The van der Waals surface area contributed by atoms with E-state index >= 15 is 0 Å². The van der Waals surface area contributed by atoms with E-state index in [1.165, 1.54) is 24.2 Å². The third kappa shape index (κ3) is 4.67. The number of halogens is 2. The fourth-order valence-corrected chi connectivity index (χ4v) is 3.75. The van der Waals surface area contributed by atoms with Crippen LogP contribution < -0.4 is 10.1 Å². The average molecular weight is 411 g/mol. The molecule has 0 atom stereocenters. The number of nitrogens with one attached hydrogen (secondary N) is 1. The molecule has 5 nitrogen and oxygen atoms in total. The molecule has 4 rings (SSSR count). The van der Waals surface area contributed by atoms with Gasteiger partial charge in [0.2, 0.25) is 5.91 Å². The highest BCUT2D eigenvalue weighted by Crippen LogP contribution is 2.30. The number of rotatable bonds is 7. The van der Waals surface area contributed by atoms with E-state index in [0.717, 1.165) is 42.0 Å². The highest BCUT2D eigenvalue weighted by atomic mass is 19.3. The highest BCUT2D eigenvalue weighted by molar-refractivity contribution is 5.94. The minimum absolute atomic E-state index is 0.107. The van der Waals surface area contributed by atoms with Crippen molar-refractivity contribution in [3.8, 4) is 17.1 Å². The lowest BCUT2D eigenvalue weighted by atomic mass is 10.1. The number of aryl methyl sites for hydroxylation is 2. The average Bonchev–Trinajstić information content (AvgIpc) is 3.17. The molecule has 30 heavy (non-hydrogen) atoms. The van der Waals surface area contributed by atoms with Crippen LogP contribution in [0, 0.1) is 0 Å². The van der Waals surface area contributed by atoms with Crippen molar-refractivity contribution in [2.45, 2.75) is 45.3 Å². The molecular formula is C23H23F2N3O2. The zero-order valence-corrected chi connectivity index (χ0v) is 16.5. The number of nitrogens with zero attached hydrogens (tertiary/aromatic N) is 2. The number of hydrogen-bond donors (Lipinski definition) is 1. The summed E-state index contributed by atoms with van der Waals surface area (Å²) in [5, 5.41) is 3.00. The van der Waals surface area contributed by atoms with Gasteiger partial charge in [0.1, 0.15) is 11.6 Å². The Labute approximate surface area is 173 Å². The van der Waals surface area contributed by atoms with Gasteiger partial charge in [-0.2, -0.15) is 8.78 Å². The first-order chi connectivity index (χ1) is 14.6. The summed E-state index contributed by atoms with van der Waals surface area (Å²) in [4.78, 5) is 17.2. The van der Waals surface area contributed by atoms with Gasteiger partial charge in [-0.25, -0.2) is 4.98 Å². The molecule has 0 unspecified atom stereocenters. The maximum Gasteiger partial charge on any atom is 0.387 e. The molecule has 0 radical (unpaired) electrons. The molecule has 0 saturated heterocycles. The number of para-hydroxylation sites is 1. The molecule has 0 aliphatic carbocycles. The van der Waals surface area contributed by atoms with Crippen LogP contribution in [0.4, 0.5) is 14.5 Å². The van der Waals surface area contributed by atoms with E-state index in [1.54, 1.807) is 12.1 Å². The summed E-state index contributed by atoms with van der Waals surface area (Å²) in [5.41, 5.74) is 3.76. The number of ether oxygens (including phenoxy) is 1. The Kier molecular flexibility index (Phi) is 6.07. The van der Waals surface area contributed by atoms with Crippen LogP contribution >= 0.6 is 0 Å². The molecule has 156 valence electrons. The third-order valence-electron chi connectivity index (χ3n) is 5.23. The van der Waals surface area contributed by atoms with Gasteiger partial charge in [0.05, 0.1) is 5.69 Å². The second-order valence-electron chi connectivity index (χ2n) is 7.30. The van der Waals surface area contributed by atoms with E-state index in [9.17, 15) is 13.6 Å². The highest BCUT2D eigenvalue weighted by Gasteiger charge is 2.18.